The predicted octanol–water partition coefficient (Wildman–Crippen LogP) is 3.24. The normalized spacial score (nSPS) is 12.0. The van der Waals surface area contributed by atoms with Gasteiger partial charge in [-0.1, -0.05) is 23.8 Å². The topological polar surface area (TPSA) is 75.3 Å². The number of anilines is 1. The van der Waals surface area contributed by atoms with E-state index in [4.69, 9.17) is 0 Å². The molecule has 1 amide bonds. The third-order valence-corrected chi connectivity index (χ3v) is 5.08. The molecule has 9 heteroatoms. The van der Waals surface area contributed by atoms with Crippen molar-refractivity contribution in [3.8, 4) is 0 Å². The summed E-state index contributed by atoms with van der Waals surface area (Å²) >= 11 is 0. The number of hydrogen-bond donors (Lipinski definition) is 2. The second kappa shape index (κ2) is 7.46. The lowest BCUT2D eigenvalue weighted by molar-refractivity contribution is -0.137. The SMILES string of the molecule is Cc1ccc(S(=O)(=O)NCC(=O)Nc2cccc(C(F)(F)F)c2)c(C)c1. The van der Waals surface area contributed by atoms with Gasteiger partial charge in [0.2, 0.25) is 15.9 Å². The standard InChI is InChI=1S/C17H17F3N2O3S/c1-11-6-7-15(12(2)8-11)26(24,25)21-10-16(23)22-14-5-3-4-13(9-14)17(18,19)20/h3-9,21H,10H2,1-2H3,(H,22,23). The zero-order valence-corrected chi connectivity index (χ0v) is 14.8. The quantitative estimate of drug-likeness (QED) is 0.828. The molecule has 2 rings (SSSR count). The monoisotopic (exact) mass is 386 g/mol. The van der Waals surface area contributed by atoms with Crippen LogP contribution < -0.4 is 10.0 Å². The van der Waals surface area contributed by atoms with Crippen molar-refractivity contribution in [3.05, 3.63) is 59.2 Å². The lowest BCUT2D eigenvalue weighted by Crippen LogP contribution is -2.33. The molecule has 0 radical (unpaired) electrons. The highest BCUT2D eigenvalue weighted by Gasteiger charge is 2.30. The summed E-state index contributed by atoms with van der Waals surface area (Å²) in [6.45, 7) is 2.84. The maximum Gasteiger partial charge on any atom is 0.416 e. The van der Waals surface area contributed by atoms with Crippen LogP contribution in [0.1, 0.15) is 16.7 Å². The summed E-state index contributed by atoms with van der Waals surface area (Å²) in [6.07, 6.45) is -4.54. The molecule has 2 N–H and O–H groups in total. The molecular formula is C17H17F3N2O3S. The molecule has 0 bridgehead atoms. The van der Waals surface area contributed by atoms with E-state index < -0.39 is 34.2 Å². The van der Waals surface area contributed by atoms with Gasteiger partial charge in [-0.3, -0.25) is 4.79 Å². The Morgan fingerprint density at radius 1 is 1.08 bits per heavy atom. The van der Waals surface area contributed by atoms with E-state index in [2.05, 4.69) is 10.0 Å². The average Bonchev–Trinajstić information content (AvgIpc) is 2.52. The largest absolute Gasteiger partial charge is 0.416 e. The number of carbonyl (C=O) groups excluding carboxylic acids is 1. The van der Waals surface area contributed by atoms with Crippen molar-refractivity contribution < 1.29 is 26.4 Å². The van der Waals surface area contributed by atoms with E-state index in [-0.39, 0.29) is 10.6 Å². The van der Waals surface area contributed by atoms with E-state index in [0.29, 0.717) is 5.56 Å². The Bertz CT molecular complexity index is 925. The van der Waals surface area contributed by atoms with Crippen LogP contribution in [0.3, 0.4) is 0 Å². The summed E-state index contributed by atoms with van der Waals surface area (Å²) in [6, 6.07) is 8.83. The first-order valence-corrected chi connectivity index (χ1v) is 9.01. The molecule has 0 spiro atoms. The Hall–Kier alpha value is -2.39. The number of rotatable bonds is 5. The van der Waals surface area contributed by atoms with Crippen LogP contribution in [-0.2, 0) is 21.0 Å². The van der Waals surface area contributed by atoms with Gasteiger partial charge in [0.25, 0.3) is 0 Å². The van der Waals surface area contributed by atoms with E-state index in [1.807, 2.05) is 6.92 Å². The van der Waals surface area contributed by atoms with Crippen LogP contribution in [0.4, 0.5) is 18.9 Å². The fourth-order valence-corrected chi connectivity index (χ4v) is 3.52. The van der Waals surface area contributed by atoms with Crippen LogP contribution >= 0.6 is 0 Å². The van der Waals surface area contributed by atoms with Gasteiger partial charge in [-0.05, 0) is 43.7 Å². The minimum absolute atomic E-state index is 0.0370. The van der Waals surface area contributed by atoms with Crippen molar-refractivity contribution in [1.82, 2.24) is 4.72 Å². The van der Waals surface area contributed by atoms with Gasteiger partial charge in [-0.25, -0.2) is 13.1 Å². The smallest absolute Gasteiger partial charge is 0.325 e. The lowest BCUT2D eigenvalue weighted by atomic mass is 10.2. The summed E-state index contributed by atoms with van der Waals surface area (Å²) in [7, 11) is -3.92. The molecular weight excluding hydrogens is 369 g/mol. The second-order valence-corrected chi connectivity index (χ2v) is 7.46. The Morgan fingerprint density at radius 3 is 2.38 bits per heavy atom. The zero-order valence-electron chi connectivity index (χ0n) is 14.0. The number of carbonyl (C=O) groups is 1. The minimum atomic E-state index is -4.54. The summed E-state index contributed by atoms with van der Waals surface area (Å²) in [5.74, 6) is -0.780. The van der Waals surface area contributed by atoms with Gasteiger partial charge in [-0.15, -0.1) is 0 Å². The maximum absolute atomic E-state index is 12.7. The number of nitrogens with one attached hydrogen (secondary N) is 2. The van der Waals surface area contributed by atoms with Crippen LogP contribution in [0.25, 0.3) is 0 Å². The van der Waals surface area contributed by atoms with Crippen molar-refractivity contribution >= 4 is 21.6 Å². The van der Waals surface area contributed by atoms with E-state index in [1.165, 1.54) is 12.1 Å². The van der Waals surface area contributed by atoms with Crippen LogP contribution in [0, 0.1) is 13.8 Å². The number of amides is 1. The molecule has 0 fully saturated rings. The lowest BCUT2D eigenvalue weighted by Gasteiger charge is -2.11. The Labute approximate surface area is 149 Å². The van der Waals surface area contributed by atoms with Crippen molar-refractivity contribution in [1.29, 1.82) is 0 Å². The van der Waals surface area contributed by atoms with E-state index in [1.54, 1.807) is 19.1 Å². The highest BCUT2D eigenvalue weighted by atomic mass is 32.2. The molecule has 0 saturated carbocycles. The number of hydrogen-bond acceptors (Lipinski definition) is 3. The first kappa shape index (κ1) is 19.9. The van der Waals surface area contributed by atoms with Crippen LogP contribution in [0.5, 0.6) is 0 Å². The van der Waals surface area contributed by atoms with Gasteiger partial charge in [0.1, 0.15) is 0 Å². The highest BCUT2D eigenvalue weighted by molar-refractivity contribution is 7.89. The number of benzene rings is 2. The first-order chi connectivity index (χ1) is 12.0. The van der Waals surface area contributed by atoms with Crippen molar-refractivity contribution in [2.45, 2.75) is 24.9 Å². The second-order valence-electron chi connectivity index (χ2n) is 5.72. The van der Waals surface area contributed by atoms with Crippen LogP contribution in [-0.4, -0.2) is 20.9 Å². The van der Waals surface area contributed by atoms with Crippen molar-refractivity contribution in [2.75, 3.05) is 11.9 Å². The molecule has 0 aliphatic carbocycles. The van der Waals surface area contributed by atoms with Gasteiger partial charge in [-0.2, -0.15) is 13.2 Å². The highest BCUT2D eigenvalue weighted by Crippen LogP contribution is 2.30. The molecule has 0 heterocycles. The molecule has 0 saturated heterocycles. The molecule has 26 heavy (non-hydrogen) atoms. The van der Waals surface area contributed by atoms with Gasteiger partial charge in [0.15, 0.2) is 0 Å². The van der Waals surface area contributed by atoms with Gasteiger partial charge < -0.3 is 5.32 Å². The van der Waals surface area contributed by atoms with Gasteiger partial charge >= 0.3 is 6.18 Å². The zero-order chi connectivity index (χ0) is 19.5. The van der Waals surface area contributed by atoms with E-state index in [0.717, 1.165) is 23.8 Å². The predicted molar refractivity (Wildman–Crippen MR) is 91.2 cm³/mol. The molecule has 0 aromatic heterocycles. The summed E-state index contributed by atoms with van der Waals surface area (Å²) in [5, 5.41) is 2.24. The molecule has 0 atom stereocenters. The van der Waals surface area contributed by atoms with E-state index >= 15 is 0 Å². The fraction of sp³-hybridized carbons (Fsp3) is 0.235. The van der Waals surface area contributed by atoms with Crippen molar-refractivity contribution in [3.63, 3.8) is 0 Å². The Kier molecular flexibility index (Phi) is 5.72. The van der Waals surface area contributed by atoms with Crippen molar-refractivity contribution in [2.24, 2.45) is 0 Å². The molecule has 2 aromatic carbocycles. The van der Waals surface area contributed by atoms with Crippen LogP contribution in [0.2, 0.25) is 0 Å². The minimum Gasteiger partial charge on any atom is -0.325 e. The number of aryl methyl sites for hydroxylation is 2. The number of sulfonamides is 1. The molecule has 0 aliphatic rings. The molecule has 0 aliphatic heterocycles. The van der Waals surface area contributed by atoms with Gasteiger partial charge in [0, 0.05) is 5.69 Å². The Morgan fingerprint density at radius 2 is 1.77 bits per heavy atom. The maximum atomic E-state index is 12.7. The summed E-state index contributed by atoms with van der Waals surface area (Å²) < 4.78 is 64.6. The third kappa shape index (κ3) is 5.06. The third-order valence-electron chi connectivity index (χ3n) is 3.52. The van der Waals surface area contributed by atoms with E-state index in [9.17, 15) is 26.4 Å². The number of alkyl halides is 3. The average molecular weight is 386 g/mol. The Balaban J connectivity index is 2.05. The molecule has 5 nitrogen and oxygen atoms in total. The number of halogens is 3. The molecule has 0 unspecified atom stereocenters. The summed E-state index contributed by atoms with van der Waals surface area (Å²) in [5.41, 5.74) is 0.432. The summed E-state index contributed by atoms with van der Waals surface area (Å²) in [4.78, 5) is 11.9. The fourth-order valence-electron chi connectivity index (χ4n) is 2.32. The molecule has 2 aromatic rings. The van der Waals surface area contributed by atoms with Gasteiger partial charge in [0.05, 0.1) is 17.0 Å². The van der Waals surface area contributed by atoms with Crippen LogP contribution in [0.15, 0.2) is 47.4 Å². The first-order valence-electron chi connectivity index (χ1n) is 7.53. The molecule has 140 valence electrons.